The van der Waals surface area contributed by atoms with Gasteiger partial charge in [0.2, 0.25) is 0 Å². The third-order valence-corrected chi connectivity index (χ3v) is 3.01. The van der Waals surface area contributed by atoms with Crippen LogP contribution in [0.3, 0.4) is 0 Å². The lowest BCUT2D eigenvalue weighted by molar-refractivity contribution is 0.481. The molecule has 0 aliphatic heterocycles. The van der Waals surface area contributed by atoms with Crippen molar-refractivity contribution in [3.05, 3.63) is 29.5 Å². The Labute approximate surface area is 84.8 Å². The summed E-state index contributed by atoms with van der Waals surface area (Å²) in [6, 6.07) is 4.12. The van der Waals surface area contributed by atoms with Crippen LogP contribution in [0, 0.1) is 0 Å². The first-order valence-corrected chi connectivity index (χ1v) is 5.45. The molecule has 1 N–H and O–H groups in total. The summed E-state index contributed by atoms with van der Waals surface area (Å²) in [5.41, 5.74) is 0.0694. The molecule has 2 aromatic rings. The van der Waals surface area contributed by atoms with E-state index in [1.165, 1.54) is 24.5 Å². The Morgan fingerprint density at radius 2 is 2.00 bits per heavy atom. The molecule has 0 saturated heterocycles. The zero-order valence-electron chi connectivity index (χ0n) is 6.77. The van der Waals surface area contributed by atoms with Crippen LogP contribution in [-0.4, -0.2) is 13.0 Å². The van der Waals surface area contributed by atoms with Gasteiger partial charge in [0.25, 0.3) is 10.1 Å². The lowest BCUT2D eigenvalue weighted by Gasteiger charge is -1.98. The molecular weight excluding hydrogens is 228 g/mol. The maximum absolute atomic E-state index is 10.9. The van der Waals surface area contributed by atoms with Crippen LogP contribution >= 0.6 is 11.6 Å². The molecule has 1 aromatic carbocycles. The number of fused-ring (bicyclic) bond motifs is 1. The summed E-state index contributed by atoms with van der Waals surface area (Å²) in [4.78, 5) is -0.276. The summed E-state index contributed by atoms with van der Waals surface area (Å²) in [6.07, 6.45) is 1.31. The second-order valence-electron chi connectivity index (χ2n) is 2.68. The number of halogens is 1. The molecule has 0 atom stereocenters. The molecule has 4 nitrogen and oxygen atoms in total. The fraction of sp³-hybridized carbons (Fsp3) is 0. The molecule has 14 heavy (non-hydrogen) atoms. The van der Waals surface area contributed by atoms with Crippen molar-refractivity contribution in [3.8, 4) is 0 Å². The predicted octanol–water partition coefficient (Wildman–Crippen LogP) is 2.33. The van der Waals surface area contributed by atoms with E-state index in [4.69, 9.17) is 20.6 Å². The Morgan fingerprint density at radius 1 is 1.29 bits per heavy atom. The Hall–Kier alpha value is -1.04. The van der Waals surface area contributed by atoms with Crippen LogP contribution in [-0.2, 0) is 10.1 Å². The molecule has 0 aliphatic rings. The van der Waals surface area contributed by atoms with E-state index in [1.807, 2.05) is 0 Å². The number of rotatable bonds is 1. The van der Waals surface area contributed by atoms with Crippen LogP contribution < -0.4 is 0 Å². The molecule has 0 radical (unpaired) electrons. The average Bonchev–Trinajstić information content (AvgIpc) is 2.50. The van der Waals surface area contributed by atoms with Crippen LogP contribution in [0.25, 0.3) is 11.0 Å². The van der Waals surface area contributed by atoms with Gasteiger partial charge in [-0.2, -0.15) is 8.42 Å². The highest BCUT2D eigenvalue weighted by Gasteiger charge is 2.17. The molecule has 0 bridgehead atoms. The SMILES string of the molecule is O=S(=O)(O)c1ccc(Cl)c2ccoc12. The van der Waals surface area contributed by atoms with Crippen molar-refractivity contribution in [1.29, 1.82) is 0 Å². The molecular formula is C8H5ClO4S. The predicted molar refractivity (Wildman–Crippen MR) is 51.0 cm³/mol. The zero-order chi connectivity index (χ0) is 10.3. The molecule has 0 spiro atoms. The highest BCUT2D eigenvalue weighted by molar-refractivity contribution is 7.86. The maximum Gasteiger partial charge on any atom is 0.298 e. The van der Waals surface area contributed by atoms with Gasteiger partial charge >= 0.3 is 0 Å². The van der Waals surface area contributed by atoms with Crippen molar-refractivity contribution in [1.82, 2.24) is 0 Å². The van der Waals surface area contributed by atoms with Gasteiger partial charge in [-0.1, -0.05) is 11.6 Å². The van der Waals surface area contributed by atoms with Gasteiger partial charge in [-0.3, -0.25) is 4.55 Å². The van der Waals surface area contributed by atoms with Crippen LogP contribution in [0.2, 0.25) is 5.02 Å². The molecule has 0 unspecified atom stereocenters. The number of hydrogen-bond donors (Lipinski definition) is 1. The standard InChI is InChI=1S/C8H5ClO4S/c9-6-1-2-7(14(10,11)12)8-5(6)3-4-13-8/h1-4H,(H,10,11,12). The Kier molecular flexibility index (Phi) is 2.02. The van der Waals surface area contributed by atoms with Crippen molar-refractivity contribution in [2.45, 2.75) is 4.90 Å². The Morgan fingerprint density at radius 3 is 2.64 bits per heavy atom. The first-order valence-electron chi connectivity index (χ1n) is 3.63. The largest absolute Gasteiger partial charge is 0.463 e. The normalized spacial score (nSPS) is 12.1. The molecule has 2 rings (SSSR count). The van der Waals surface area contributed by atoms with Gasteiger partial charge < -0.3 is 4.42 Å². The second kappa shape index (κ2) is 2.98. The second-order valence-corrected chi connectivity index (χ2v) is 4.48. The van der Waals surface area contributed by atoms with Crippen molar-refractivity contribution >= 4 is 32.7 Å². The van der Waals surface area contributed by atoms with Crippen molar-refractivity contribution in [3.63, 3.8) is 0 Å². The summed E-state index contributed by atoms with van der Waals surface area (Å²) in [6.45, 7) is 0. The number of furan rings is 1. The molecule has 6 heteroatoms. The number of benzene rings is 1. The van der Waals surface area contributed by atoms with E-state index in [0.29, 0.717) is 10.4 Å². The quantitative estimate of drug-likeness (QED) is 0.767. The third kappa shape index (κ3) is 1.39. The highest BCUT2D eigenvalue weighted by atomic mass is 35.5. The zero-order valence-corrected chi connectivity index (χ0v) is 8.34. The molecule has 1 heterocycles. The Bertz CT molecular complexity index is 584. The monoisotopic (exact) mass is 232 g/mol. The van der Waals surface area contributed by atoms with Gasteiger partial charge in [0.05, 0.1) is 11.3 Å². The van der Waals surface area contributed by atoms with Crippen LogP contribution in [0.5, 0.6) is 0 Å². The van der Waals surface area contributed by atoms with Crippen molar-refractivity contribution in [2.75, 3.05) is 0 Å². The van der Waals surface area contributed by atoms with Gasteiger partial charge in [-0.15, -0.1) is 0 Å². The van der Waals surface area contributed by atoms with Gasteiger partial charge in [0.1, 0.15) is 4.90 Å². The molecule has 0 amide bonds. The minimum absolute atomic E-state index is 0.0694. The summed E-state index contributed by atoms with van der Waals surface area (Å²) < 4.78 is 35.6. The van der Waals surface area contributed by atoms with E-state index in [1.54, 1.807) is 0 Å². The lowest BCUT2D eigenvalue weighted by Crippen LogP contribution is -1.97. The average molecular weight is 233 g/mol. The minimum Gasteiger partial charge on any atom is -0.463 e. The fourth-order valence-electron chi connectivity index (χ4n) is 1.21. The van der Waals surface area contributed by atoms with Gasteiger partial charge in [0, 0.05) is 5.39 Å². The molecule has 0 aliphatic carbocycles. The maximum atomic E-state index is 10.9. The van der Waals surface area contributed by atoms with Crippen molar-refractivity contribution < 1.29 is 17.4 Å². The van der Waals surface area contributed by atoms with Crippen LogP contribution in [0.1, 0.15) is 0 Å². The highest BCUT2D eigenvalue weighted by Crippen LogP contribution is 2.29. The van der Waals surface area contributed by atoms with E-state index < -0.39 is 10.1 Å². The first-order chi connectivity index (χ1) is 6.50. The minimum atomic E-state index is -4.27. The molecule has 74 valence electrons. The van der Waals surface area contributed by atoms with E-state index in [0.717, 1.165) is 0 Å². The van der Waals surface area contributed by atoms with Crippen molar-refractivity contribution in [2.24, 2.45) is 0 Å². The third-order valence-electron chi connectivity index (χ3n) is 1.81. The lowest BCUT2D eigenvalue weighted by atomic mass is 10.2. The summed E-state index contributed by atoms with van der Waals surface area (Å²) in [5.74, 6) is 0. The van der Waals surface area contributed by atoms with E-state index in [9.17, 15) is 8.42 Å². The van der Waals surface area contributed by atoms with E-state index in [-0.39, 0.29) is 10.5 Å². The van der Waals surface area contributed by atoms with Crippen LogP contribution in [0.15, 0.2) is 33.8 Å². The number of hydrogen-bond acceptors (Lipinski definition) is 3. The molecule has 1 aromatic heterocycles. The molecule has 0 fully saturated rings. The van der Waals surface area contributed by atoms with Crippen LogP contribution in [0.4, 0.5) is 0 Å². The summed E-state index contributed by atoms with van der Waals surface area (Å²) in [7, 11) is -4.27. The summed E-state index contributed by atoms with van der Waals surface area (Å²) in [5, 5.41) is 0.836. The van der Waals surface area contributed by atoms with E-state index >= 15 is 0 Å². The van der Waals surface area contributed by atoms with E-state index in [2.05, 4.69) is 0 Å². The van der Waals surface area contributed by atoms with Gasteiger partial charge in [0.15, 0.2) is 5.58 Å². The summed E-state index contributed by atoms with van der Waals surface area (Å²) >= 11 is 5.78. The first kappa shape index (κ1) is 9.51. The van der Waals surface area contributed by atoms with Gasteiger partial charge in [-0.05, 0) is 18.2 Å². The smallest absolute Gasteiger partial charge is 0.298 e. The topological polar surface area (TPSA) is 67.5 Å². The Balaban J connectivity index is 2.93. The fourth-order valence-corrected chi connectivity index (χ4v) is 2.05. The molecule has 0 saturated carbocycles. The van der Waals surface area contributed by atoms with Gasteiger partial charge in [-0.25, -0.2) is 0 Å².